The van der Waals surface area contributed by atoms with Crippen LogP contribution in [0.2, 0.25) is 0 Å². The van der Waals surface area contributed by atoms with Gasteiger partial charge < -0.3 is 9.64 Å². The number of carbonyl (C=O) groups excluding carboxylic acids is 2. The molecule has 1 heterocycles. The molecule has 4 rings (SSSR count). The van der Waals surface area contributed by atoms with E-state index >= 15 is 0 Å². The molecule has 0 unspecified atom stereocenters. The Labute approximate surface area is 221 Å². The molecule has 0 aliphatic heterocycles. The maximum Gasteiger partial charge on any atom is 0.260 e. The lowest BCUT2D eigenvalue weighted by Gasteiger charge is -2.21. The smallest absolute Gasteiger partial charge is 0.260 e. The van der Waals surface area contributed by atoms with Gasteiger partial charge in [-0.15, -0.1) is 12.4 Å². The largest absolute Gasteiger partial charge is 0.492 e. The number of benzene rings is 3. The van der Waals surface area contributed by atoms with Crippen molar-refractivity contribution in [1.29, 1.82) is 0 Å². The Morgan fingerprint density at radius 1 is 0.861 bits per heavy atom. The molecule has 0 N–H and O–H groups in total. The molecule has 1 amide bonds. The fourth-order valence-corrected chi connectivity index (χ4v) is 4.81. The van der Waals surface area contributed by atoms with Gasteiger partial charge in [0.1, 0.15) is 11.3 Å². The monoisotopic (exact) mass is 523 g/mol. The summed E-state index contributed by atoms with van der Waals surface area (Å²) in [6.45, 7) is 3.87. The lowest BCUT2D eigenvalue weighted by atomic mass is 10.0. The van der Waals surface area contributed by atoms with Crippen molar-refractivity contribution in [2.24, 2.45) is 0 Å². The van der Waals surface area contributed by atoms with Gasteiger partial charge in [0.2, 0.25) is 0 Å². The number of halogens is 1. The average Bonchev–Trinajstić information content (AvgIpc) is 3.31. The fourth-order valence-electron chi connectivity index (χ4n) is 3.80. The van der Waals surface area contributed by atoms with E-state index in [1.54, 1.807) is 41.3 Å². The second-order valence-corrected chi connectivity index (χ2v) is 9.43. The summed E-state index contributed by atoms with van der Waals surface area (Å²) in [4.78, 5) is 35.0. The molecule has 0 atom stereocenters. The van der Waals surface area contributed by atoms with Crippen LogP contribution >= 0.6 is 23.7 Å². The maximum absolute atomic E-state index is 13.6. The maximum atomic E-state index is 13.6. The molecule has 0 saturated heterocycles. The summed E-state index contributed by atoms with van der Waals surface area (Å²) in [7, 11) is 4.03. The lowest BCUT2D eigenvalue weighted by Crippen LogP contribution is -2.33. The van der Waals surface area contributed by atoms with E-state index in [-0.39, 0.29) is 24.1 Å². The van der Waals surface area contributed by atoms with E-state index in [0.29, 0.717) is 35.0 Å². The molecule has 0 bridgehead atoms. The lowest BCUT2D eigenvalue weighted by molar-refractivity contribution is 0.0983. The SMILES string of the molecule is CCOc1cccc2sc(N(CCCN(C)C)C(=O)c3ccc(C(=O)c4ccccc4)cc3)nc12.Cl. The number of aromatic nitrogens is 1. The highest BCUT2D eigenvalue weighted by molar-refractivity contribution is 7.22. The van der Waals surface area contributed by atoms with Crippen molar-refractivity contribution >= 4 is 50.8 Å². The van der Waals surface area contributed by atoms with E-state index in [9.17, 15) is 9.59 Å². The van der Waals surface area contributed by atoms with Gasteiger partial charge in [-0.25, -0.2) is 4.98 Å². The molecule has 0 radical (unpaired) electrons. The highest BCUT2D eigenvalue weighted by Gasteiger charge is 2.22. The van der Waals surface area contributed by atoms with Crippen LogP contribution < -0.4 is 9.64 Å². The number of fused-ring (bicyclic) bond motifs is 1. The minimum atomic E-state index is -0.139. The van der Waals surface area contributed by atoms with Gasteiger partial charge in [0.15, 0.2) is 10.9 Å². The Morgan fingerprint density at radius 3 is 2.19 bits per heavy atom. The Bertz CT molecular complexity index is 1310. The zero-order valence-corrected chi connectivity index (χ0v) is 22.3. The molecular formula is C28H30ClN3O3S. The first kappa shape index (κ1) is 27.3. The number of ketones is 1. The van der Waals surface area contributed by atoms with Crippen molar-refractivity contribution in [1.82, 2.24) is 9.88 Å². The molecule has 0 saturated carbocycles. The molecule has 1 aromatic heterocycles. The highest BCUT2D eigenvalue weighted by Crippen LogP contribution is 2.35. The summed E-state index contributed by atoms with van der Waals surface area (Å²) >= 11 is 1.48. The normalized spacial score (nSPS) is 10.8. The van der Waals surface area contributed by atoms with Crippen LogP contribution in [0.15, 0.2) is 72.8 Å². The van der Waals surface area contributed by atoms with E-state index in [0.717, 1.165) is 28.9 Å². The summed E-state index contributed by atoms with van der Waals surface area (Å²) in [6.07, 6.45) is 0.803. The van der Waals surface area contributed by atoms with Crippen molar-refractivity contribution in [3.05, 3.63) is 89.5 Å². The molecule has 8 heteroatoms. The second-order valence-electron chi connectivity index (χ2n) is 8.42. The van der Waals surface area contributed by atoms with Crippen LogP contribution in [0.1, 0.15) is 39.6 Å². The zero-order valence-electron chi connectivity index (χ0n) is 20.6. The molecule has 0 spiro atoms. The first-order chi connectivity index (χ1) is 17.0. The van der Waals surface area contributed by atoms with Gasteiger partial charge in [-0.05, 0) is 58.3 Å². The molecule has 0 aliphatic rings. The topological polar surface area (TPSA) is 62.7 Å². The standard InChI is InChI=1S/C28H29N3O3S.ClH/c1-4-34-23-12-8-13-24-25(23)29-28(35-24)31(19-9-18-30(2)3)27(33)22-16-14-21(15-17-22)26(32)20-10-6-5-7-11-20;/h5-8,10-17H,4,9,18-19H2,1-3H3;1H. The fraction of sp³-hybridized carbons (Fsp3) is 0.250. The molecule has 36 heavy (non-hydrogen) atoms. The third-order valence-electron chi connectivity index (χ3n) is 5.56. The van der Waals surface area contributed by atoms with Crippen molar-refractivity contribution in [3.8, 4) is 5.75 Å². The predicted molar refractivity (Wildman–Crippen MR) is 149 cm³/mol. The highest BCUT2D eigenvalue weighted by atomic mass is 35.5. The molecule has 4 aromatic rings. The summed E-state index contributed by atoms with van der Waals surface area (Å²) in [5, 5.41) is 0.639. The van der Waals surface area contributed by atoms with Gasteiger partial charge in [-0.1, -0.05) is 59.9 Å². The number of nitrogens with zero attached hydrogens (tertiary/aromatic N) is 3. The van der Waals surface area contributed by atoms with E-state index in [1.165, 1.54) is 11.3 Å². The minimum absolute atomic E-state index is 0. The number of thiazole rings is 1. The van der Waals surface area contributed by atoms with Crippen LogP contribution in [0.25, 0.3) is 10.2 Å². The third kappa shape index (κ3) is 6.29. The predicted octanol–water partition coefficient (Wildman–Crippen LogP) is 5.95. The number of rotatable bonds is 10. The number of para-hydroxylation sites is 1. The minimum Gasteiger partial charge on any atom is -0.492 e. The number of hydrogen-bond donors (Lipinski definition) is 0. The van der Waals surface area contributed by atoms with Crippen molar-refractivity contribution < 1.29 is 14.3 Å². The van der Waals surface area contributed by atoms with Gasteiger partial charge in [-0.2, -0.15) is 0 Å². The Morgan fingerprint density at radius 2 is 1.53 bits per heavy atom. The van der Waals surface area contributed by atoms with Crippen molar-refractivity contribution in [2.45, 2.75) is 13.3 Å². The van der Waals surface area contributed by atoms with Gasteiger partial charge >= 0.3 is 0 Å². The molecular weight excluding hydrogens is 494 g/mol. The average molecular weight is 524 g/mol. The number of anilines is 1. The Hall–Kier alpha value is -3.26. The van der Waals surface area contributed by atoms with Gasteiger partial charge in [0, 0.05) is 23.2 Å². The van der Waals surface area contributed by atoms with Crippen LogP contribution in [-0.2, 0) is 0 Å². The second kappa shape index (κ2) is 12.6. The number of hydrogen-bond acceptors (Lipinski definition) is 6. The Balaban J connectivity index is 0.00000361. The van der Waals surface area contributed by atoms with Gasteiger partial charge in [0.05, 0.1) is 11.3 Å². The number of ether oxygens (including phenoxy) is 1. The molecule has 0 fully saturated rings. The summed E-state index contributed by atoms with van der Waals surface area (Å²) < 4.78 is 6.72. The third-order valence-corrected chi connectivity index (χ3v) is 6.61. The van der Waals surface area contributed by atoms with E-state index in [4.69, 9.17) is 9.72 Å². The van der Waals surface area contributed by atoms with Crippen LogP contribution in [-0.4, -0.2) is 55.4 Å². The van der Waals surface area contributed by atoms with Crippen LogP contribution in [0, 0.1) is 0 Å². The van der Waals surface area contributed by atoms with Crippen molar-refractivity contribution in [3.63, 3.8) is 0 Å². The van der Waals surface area contributed by atoms with Crippen molar-refractivity contribution in [2.75, 3.05) is 38.7 Å². The molecule has 188 valence electrons. The summed E-state index contributed by atoms with van der Waals surface area (Å²) in [6, 6.07) is 21.8. The quantitative estimate of drug-likeness (QED) is 0.240. The number of amides is 1. The van der Waals surface area contributed by atoms with E-state index in [2.05, 4.69) is 4.90 Å². The molecule has 0 aliphatic carbocycles. The Kier molecular flexibility index (Phi) is 9.58. The van der Waals surface area contributed by atoms with E-state index in [1.807, 2.05) is 57.4 Å². The van der Waals surface area contributed by atoms with Gasteiger partial charge in [0.25, 0.3) is 5.91 Å². The van der Waals surface area contributed by atoms with Crippen LogP contribution in [0.5, 0.6) is 5.75 Å². The first-order valence-corrected chi connectivity index (χ1v) is 12.5. The van der Waals surface area contributed by atoms with Crippen LogP contribution in [0.4, 0.5) is 5.13 Å². The molecule has 6 nitrogen and oxygen atoms in total. The van der Waals surface area contributed by atoms with E-state index < -0.39 is 0 Å². The first-order valence-electron chi connectivity index (χ1n) is 11.7. The number of carbonyl (C=O) groups is 2. The zero-order chi connectivity index (χ0) is 24.8. The summed E-state index contributed by atoms with van der Waals surface area (Å²) in [5.74, 6) is 0.513. The van der Waals surface area contributed by atoms with Gasteiger partial charge in [-0.3, -0.25) is 14.5 Å². The van der Waals surface area contributed by atoms with Crippen LogP contribution in [0.3, 0.4) is 0 Å². The summed E-state index contributed by atoms with van der Waals surface area (Å²) in [5.41, 5.74) is 2.46. The molecule has 3 aromatic carbocycles.